The van der Waals surface area contributed by atoms with E-state index in [-0.39, 0.29) is 5.91 Å². The van der Waals surface area contributed by atoms with Crippen molar-refractivity contribution in [3.63, 3.8) is 0 Å². The third kappa shape index (κ3) is 3.46. The van der Waals surface area contributed by atoms with Crippen LogP contribution >= 0.6 is 11.3 Å². The van der Waals surface area contributed by atoms with E-state index in [1.54, 1.807) is 12.4 Å². The van der Waals surface area contributed by atoms with Crippen molar-refractivity contribution in [3.8, 4) is 0 Å². The number of fused-ring (bicyclic) bond motifs is 1. The highest BCUT2D eigenvalue weighted by Crippen LogP contribution is 2.32. The summed E-state index contributed by atoms with van der Waals surface area (Å²) in [7, 11) is 0. The normalized spacial score (nSPS) is 10.8. The van der Waals surface area contributed by atoms with Gasteiger partial charge >= 0.3 is 0 Å². The lowest BCUT2D eigenvalue weighted by Crippen LogP contribution is -2.25. The smallest absolute Gasteiger partial charge is 0.263 e. The molecule has 0 spiro atoms. The molecule has 5 nitrogen and oxygen atoms in total. The van der Waals surface area contributed by atoms with E-state index in [1.165, 1.54) is 11.3 Å². The monoisotopic (exact) mass is 293 g/mol. The fourth-order valence-corrected chi connectivity index (χ4v) is 2.85. The van der Waals surface area contributed by atoms with Crippen molar-refractivity contribution in [3.05, 3.63) is 23.3 Å². The molecule has 2 heterocycles. The lowest BCUT2D eigenvalue weighted by molar-refractivity contribution is 0.0946. The standard InChI is InChI=1S/C14H19N3O2S/c1-2-7-19-8-3-5-17-14(18)13-12(15)10-4-6-16-9-11(10)20-13/h4,6,9H,2-3,5,7-8,15H2,1H3,(H,17,18). The lowest BCUT2D eigenvalue weighted by atomic mass is 10.2. The molecule has 2 aromatic rings. The van der Waals surface area contributed by atoms with Crippen molar-refractivity contribution in [2.24, 2.45) is 0 Å². The number of amides is 1. The van der Waals surface area contributed by atoms with Crippen LogP contribution in [-0.4, -0.2) is 30.6 Å². The first-order chi connectivity index (χ1) is 9.74. The predicted molar refractivity (Wildman–Crippen MR) is 82.1 cm³/mol. The third-order valence-corrected chi connectivity index (χ3v) is 3.99. The van der Waals surface area contributed by atoms with Gasteiger partial charge in [0, 0.05) is 37.5 Å². The zero-order chi connectivity index (χ0) is 14.4. The van der Waals surface area contributed by atoms with E-state index in [1.807, 2.05) is 6.07 Å². The van der Waals surface area contributed by atoms with Crippen LogP contribution in [0.3, 0.4) is 0 Å². The Morgan fingerprint density at radius 2 is 2.35 bits per heavy atom. The van der Waals surface area contributed by atoms with Gasteiger partial charge in [0.1, 0.15) is 4.88 Å². The number of nitrogens with one attached hydrogen (secondary N) is 1. The molecule has 0 aromatic carbocycles. The van der Waals surface area contributed by atoms with Gasteiger partial charge in [-0.1, -0.05) is 6.92 Å². The number of rotatable bonds is 7. The molecule has 0 saturated carbocycles. The number of aromatic nitrogens is 1. The molecule has 0 saturated heterocycles. The number of thiophene rings is 1. The molecule has 6 heteroatoms. The Morgan fingerprint density at radius 3 is 3.10 bits per heavy atom. The van der Waals surface area contributed by atoms with Gasteiger partial charge in [-0.05, 0) is 18.9 Å². The van der Waals surface area contributed by atoms with Crippen LogP contribution in [0.5, 0.6) is 0 Å². The number of carbonyl (C=O) groups excluding carboxylic acids is 1. The number of carbonyl (C=O) groups is 1. The maximum absolute atomic E-state index is 12.1. The minimum atomic E-state index is -0.126. The Bertz CT molecular complexity index is 583. The lowest BCUT2D eigenvalue weighted by Gasteiger charge is -2.05. The molecule has 0 radical (unpaired) electrons. The summed E-state index contributed by atoms with van der Waals surface area (Å²) in [5.41, 5.74) is 6.54. The molecular weight excluding hydrogens is 274 g/mol. The average Bonchev–Trinajstić information content (AvgIpc) is 2.80. The number of nitrogens with two attached hydrogens (primary N) is 1. The van der Waals surface area contributed by atoms with Gasteiger partial charge < -0.3 is 15.8 Å². The summed E-state index contributed by atoms with van der Waals surface area (Å²) in [4.78, 5) is 16.7. The van der Waals surface area contributed by atoms with Gasteiger partial charge in [0.25, 0.3) is 5.91 Å². The van der Waals surface area contributed by atoms with E-state index in [4.69, 9.17) is 10.5 Å². The maximum Gasteiger partial charge on any atom is 0.263 e. The van der Waals surface area contributed by atoms with Crippen molar-refractivity contribution in [1.82, 2.24) is 10.3 Å². The number of hydrogen-bond donors (Lipinski definition) is 2. The summed E-state index contributed by atoms with van der Waals surface area (Å²) >= 11 is 1.37. The van der Waals surface area contributed by atoms with Crippen molar-refractivity contribution in [1.29, 1.82) is 0 Å². The highest BCUT2D eigenvalue weighted by molar-refractivity contribution is 7.21. The third-order valence-electron chi connectivity index (χ3n) is 2.84. The number of nitrogens with zero attached hydrogens (tertiary/aromatic N) is 1. The zero-order valence-electron chi connectivity index (χ0n) is 11.5. The summed E-state index contributed by atoms with van der Waals surface area (Å²) in [6, 6.07) is 1.83. The Morgan fingerprint density at radius 1 is 1.50 bits per heavy atom. The molecule has 0 bridgehead atoms. The van der Waals surface area contributed by atoms with Crippen molar-refractivity contribution in [2.45, 2.75) is 19.8 Å². The van der Waals surface area contributed by atoms with E-state index in [9.17, 15) is 4.79 Å². The second kappa shape index (κ2) is 7.21. The predicted octanol–water partition coefficient (Wildman–Crippen LogP) is 2.42. The van der Waals surface area contributed by atoms with Gasteiger partial charge in [0.15, 0.2) is 0 Å². The Labute approximate surface area is 122 Å². The molecule has 20 heavy (non-hydrogen) atoms. The molecule has 3 N–H and O–H groups in total. The number of anilines is 1. The molecule has 0 aliphatic heterocycles. The van der Waals surface area contributed by atoms with Crippen LogP contribution in [0.25, 0.3) is 10.1 Å². The Balaban J connectivity index is 1.89. The molecule has 2 aromatic heterocycles. The molecule has 0 unspecified atom stereocenters. The van der Waals surface area contributed by atoms with Crippen molar-refractivity contribution >= 4 is 33.0 Å². The molecule has 108 valence electrons. The van der Waals surface area contributed by atoms with Gasteiger partial charge in [0.2, 0.25) is 0 Å². The number of nitrogen functional groups attached to an aromatic ring is 1. The minimum Gasteiger partial charge on any atom is -0.397 e. The van der Waals surface area contributed by atoms with E-state index in [0.29, 0.717) is 23.7 Å². The average molecular weight is 293 g/mol. The van der Waals surface area contributed by atoms with Crippen LogP contribution in [0, 0.1) is 0 Å². The zero-order valence-corrected chi connectivity index (χ0v) is 12.3. The number of hydrogen-bond acceptors (Lipinski definition) is 5. The fraction of sp³-hybridized carbons (Fsp3) is 0.429. The Hall–Kier alpha value is -1.66. The number of pyridine rings is 1. The molecular formula is C14H19N3O2S. The number of ether oxygens (including phenoxy) is 1. The van der Waals surface area contributed by atoms with E-state index in [2.05, 4.69) is 17.2 Å². The molecule has 0 atom stereocenters. The van der Waals surface area contributed by atoms with Gasteiger partial charge in [-0.3, -0.25) is 9.78 Å². The summed E-state index contributed by atoms with van der Waals surface area (Å²) in [5, 5.41) is 3.76. The van der Waals surface area contributed by atoms with Crippen molar-refractivity contribution < 1.29 is 9.53 Å². The largest absolute Gasteiger partial charge is 0.397 e. The summed E-state index contributed by atoms with van der Waals surface area (Å²) in [6.45, 7) is 4.10. The summed E-state index contributed by atoms with van der Waals surface area (Å²) < 4.78 is 6.29. The van der Waals surface area contributed by atoms with Gasteiger partial charge in [-0.15, -0.1) is 11.3 Å². The maximum atomic E-state index is 12.1. The molecule has 2 rings (SSSR count). The highest BCUT2D eigenvalue weighted by Gasteiger charge is 2.15. The van der Waals surface area contributed by atoms with Crippen LogP contribution in [-0.2, 0) is 4.74 Å². The van der Waals surface area contributed by atoms with E-state index < -0.39 is 0 Å². The molecule has 0 aliphatic carbocycles. The van der Waals surface area contributed by atoms with Gasteiger partial charge in [-0.2, -0.15) is 0 Å². The Kier molecular flexibility index (Phi) is 5.31. The second-order valence-corrected chi connectivity index (χ2v) is 5.49. The van der Waals surface area contributed by atoms with Gasteiger partial charge in [0.05, 0.1) is 10.4 Å². The molecule has 0 fully saturated rings. The summed E-state index contributed by atoms with van der Waals surface area (Å²) in [5.74, 6) is -0.126. The van der Waals surface area contributed by atoms with Crippen LogP contribution in [0.4, 0.5) is 5.69 Å². The SMILES string of the molecule is CCCOCCCNC(=O)c1sc2cnccc2c1N. The quantitative estimate of drug-likeness (QED) is 0.769. The first-order valence-electron chi connectivity index (χ1n) is 6.72. The summed E-state index contributed by atoms with van der Waals surface area (Å²) in [6.07, 6.45) is 5.22. The van der Waals surface area contributed by atoms with Gasteiger partial charge in [-0.25, -0.2) is 0 Å². The second-order valence-electron chi connectivity index (χ2n) is 4.44. The van der Waals surface area contributed by atoms with Crippen LogP contribution in [0.2, 0.25) is 0 Å². The first kappa shape index (κ1) is 14.7. The van der Waals surface area contributed by atoms with E-state index in [0.717, 1.165) is 29.5 Å². The minimum absolute atomic E-state index is 0.126. The first-order valence-corrected chi connectivity index (χ1v) is 7.53. The van der Waals surface area contributed by atoms with Crippen LogP contribution in [0.15, 0.2) is 18.5 Å². The highest BCUT2D eigenvalue weighted by atomic mass is 32.1. The molecule has 1 amide bonds. The topological polar surface area (TPSA) is 77.2 Å². The van der Waals surface area contributed by atoms with Crippen molar-refractivity contribution in [2.75, 3.05) is 25.5 Å². The van der Waals surface area contributed by atoms with E-state index >= 15 is 0 Å². The molecule has 0 aliphatic rings. The van der Waals surface area contributed by atoms with Crippen LogP contribution in [0.1, 0.15) is 29.4 Å². The van der Waals surface area contributed by atoms with Crippen LogP contribution < -0.4 is 11.1 Å². The fourth-order valence-electron chi connectivity index (χ4n) is 1.84.